The van der Waals surface area contributed by atoms with E-state index in [1.54, 1.807) is 20.8 Å². The molecular formula is C26H31NO4. The second-order valence-corrected chi connectivity index (χ2v) is 9.54. The highest BCUT2D eigenvalue weighted by Crippen LogP contribution is 2.49. The van der Waals surface area contributed by atoms with Gasteiger partial charge in [0.15, 0.2) is 6.04 Å². The summed E-state index contributed by atoms with van der Waals surface area (Å²) in [5, 5.41) is 12.8. The van der Waals surface area contributed by atoms with E-state index in [-0.39, 0.29) is 13.1 Å². The zero-order valence-corrected chi connectivity index (χ0v) is 18.8. The molecule has 3 rings (SSSR count). The predicted molar refractivity (Wildman–Crippen MR) is 117 cm³/mol. The maximum atomic E-state index is 13.7. The number of rotatable bonds is 6. The van der Waals surface area contributed by atoms with Crippen LogP contribution < -0.4 is 5.11 Å². The Hall–Kier alpha value is -2.79. The molecule has 0 spiro atoms. The third-order valence-electron chi connectivity index (χ3n) is 6.57. The highest BCUT2D eigenvalue weighted by molar-refractivity contribution is 6.35. The minimum Gasteiger partial charge on any atom is -0.544 e. The van der Waals surface area contributed by atoms with Gasteiger partial charge in [0.05, 0.1) is 18.5 Å². The zero-order valence-electron chi connectivity index (χ0n) is 18.8. The highest BCUT2D eigenvalue weighted by Gasteiger charge is 2.64. The number of likely N-dealkylation sites (tertiary alicyclic amines) is 1. The molecule has 1 unspecified atom stereocenters. The lowest BCUT2D eigenvalue weighted by molar-refractivity contribution is -0.859. The number of amides is 1. The third kappa shape index (κ3) is 3.72. The first kappa shape index (κ1) is 22.9. The quantitative estimate of drug-likeness (QED) is 0.531. The number of quaternary nitrogens is 1. The number of carboxylic acid groups (broad SMARTS) is 1. The summed E-state index contributed by atoms with van der Waals surface area (Å²) < 4.78 is -0.404. The number of ketones is 1. The maximum absolute atomic E-state index is 13.7. The van der Waals surface area contributed by atoms with Gasteiger partial charge in [-0.05, 0) is 17.5 Å². The van der Waals surface area contributed by atoms with Crippen LogP contribution >= 0.6 is 0 Å². The van der Waals surface area contributed by atoms with Crippen LogP contribution in [0.3, 0.4) is 0 Å². The van der Waals surface area contributed by atoms with E-state index in [1.807, 2.05) is 67.6 Å². The van der Waals surface area contributed by atoms with Crippen molar-refractivity contribution >= 4 is 17.7 Å². The molecule has 2 aromatic carbocycles. The molecule has 1 aliphatic rings. The van der Waals surface area contributed by atoms with Crippen molar-refractivity contribution in [2.75, 3.05) is 13.1 Å². The van der Waals surface area contributed by atoms with Crippen molar-refractivity contribution in [3.05, 3.63) is 71.8 Å². The number of hydrogen-bond donors (Lipinski definition) is 0. The van der Waals surface area contributed by atoms with E-state index in [1.165, 1.54) is 0 Å². The van der Waals surface area contributed by atoms with E-state index < -0.39 is 39.0 Å². The third-order valence-corrected chi connectivity index (χ3v) is 6.57. The molecule has 0 bridgehead atoms. The average Bonchev–Trinajstić information content (AvgIpc) is 3.11. The van der Waals surface area contributed by atoms with Crippen LogP contribution in [0.5, 0.6) is 0 Å². The standard InChI is InChI=1S/C26H31NO4/c1-5-17-27(23(29)22(28)25(2,3)4)18-16-26(21(27)24(30)31,19-12-8-6-9-13-19)20-14-10-7-11-15-20/h6-15,21H,5,16-18H2,1-4H3/t21-,27?/m1/s1. The van der Waals surface area contributed by atoms with Crippen molar-refractivity contribution in [1.29, 1.82) is 0 Å². The molecule has 164 valence electrons. The maximum Gasteiger partial charge on any atom is 0.382 e. The number of nitrogens with zero attached hydrogens (tertiary/aromatic N) is 1. The Labute approximate surface area is 184 Å². The van der Waals surface area contributed by atoms with E-state index in [2.05, 4.69) is 0 Å². The summed E-state index contributed by atoms with van der Waals surface area (Å²) in [5.74, 6) is -2.46. The number of Topliss-reactive ketones (excluding diaryl/α,β-unsaturated/α-hetero) is 1. The fraction of sp³-hybridized carbons (Fsp3) is 0.423. The largest absolute Gasteiger partial charge is 0.544 e. The normalized spacial score (nSPS) is 22.8. The van der Waals surface area contributed by atoms with E-state index in [0.29, 0.717) is 12.8 Å². The monoisotopic (exact) mass is 421 g/mol. The van der Waals surface area contributed by atoms with Crippen molar-refractivity contribution in [2.45, 2.75) is 52.0 Å². The minimum absolute atomic E-state index is 0.275. The lowest BCUT2D eigenvalue weighted by Crippen LogP contribution is -2.68. The lowest BCUT2D eigenvalue weighted by atomic mass is 9.68. The summed E-state index contributed by atoms with van der Waals surface area (Å²) in [5.41, 5.74) is -0.216. The van der Waals surface area contributed by atoms with Gasteiger partial charge in [0.2, 0.25) is 0 Å². The first-order chi connectivity index (χ1) is 14.6. The van der Waals surface area contributed by atoms with Gasteiger partial charge in [-0.3, -0.25) is 4.79 Å². The molecule has 0 N–H and O–H groups in total. The van der Waals surface area contributed by atoms with Gasteiger partial charge in [-0.2, -0.15) is 0 Å². The number of carbonyl (C=O) groups is 3. The lowest BCUT2D eigenvalue weighted by Gasteiger charge is -2.44. The molecule has 1 saturated heterocycles. The Kier molecular flexibility index (Phi) is 6.19. The fourth-order valence-electron chi connectivity index (χ4n) is 5.19. The minimum atomic E-state index is -1.30. The summed E-state index contributed by atoms with van der Waals surface area (Å²) in [4.78, 5) is 39.6. The van der Waals surface area contributed by atoms with Gasteiger partial charge in [0.1, 0.15) is 5.97 Å². The molecule has 5 heteroatoms. The van der Waals surface area contributed by atoms with Crippen LogP contribution in [0.15, 0.2) is 60.7 Å². The molecule has 0 aliphatic carbocycles. The first-order valence-electron chi connectivity index (χ1n) is 10.9. The van der Waals surface area contributed by atoms with Gasteiger partial charge >= 0.3 is 5.91 Å². The van der Waals surface area contributed by atoms with Gasteiger partial charge in [0, 0.05) is 11.8 Å². The van der Waals surface area contributed by atoms with Crippen molar-refractivity contribution < 1.29 is 24.0 Å². The van der Waals surface area contributed by atoms with Crippen LogP contribution in [0.1, 0.15) is 51.7 Å². The van der Waals surface area contributed by atoms with Gasteiger partial charge in [-0.25, -0.2) is 9.28 Å². The second-order valence-electron chi connectivity index (χ2n) is 9.54. The van der Waals surface area contributed by atoms with Crippen LogP contribution in [0.25, 0.3) is 0 Å². The van der Waals surface area contributed by atoms with Crippen LogP contribution in [0.4, 0.5) is 0 Å². The Morgan fingerprint density at radius 1 is 0.968 bits per heavy atom. The van der Waals surface area contributed by atoms with E-state index in [0.717, 1.165) is 11.1 Å². The molecule has 1 fully saturated rings. The topological polar surface area (TPSA) is 74.3 Å². The summed E-state index contributed by atoms with van der Waals surface area (Å²) in [6.07, 6.45) is 1.01. The summed E-state index contributed by atoms with van der Waals surface area (Å²) in [6, 6.07) is 17.7. The number of carboxylic acids is 1. The molecule has 1 heterocycles. The molecule has 1 amide bonds. The molecule has 31 heavy (non-hydrogen) atoms. The van der Waals surface area contributed by atoms with Crippen LogP contribution in [0.2, 0.25) is 0 Å². The van der Waals surface area contributed by atoms with Gasteiger partial charge in [-0.15, -0.1) is 0 Å². The Morgan fingerprint density at radius 2 is 1.45 bits per heavy atom. The van der Waals surface area contributed by atoms with Gasteiger partial charge < -0.3 is 9.90 Å². The van der Waals surface area contributed by atoms with Crippen LogP contribution in [-0.2, 0) is 19.8 Å². The van der Waals surface area contributed by atoms with E-state index >= 15 is 0 Å². The van der Waals surface area contributed by atoms with Crippen molar-refractivity contribution in [3.63, 3.8) is 0 Å². The number of hydrogen-bond acceptors (Lipinski definition) is 4. The second kappa shape index (κ2) is 8.39. The molecule has 0 saturated carbocycles. The fourth-order valence-corrected chi connectivity index (χ4v) is 5.19. The van der Waals surface area contributed by atoms with Crippen molar-refractivity contribution in [3.8, 4) is 0 Å². The molecule has 0 radical (unpaired) electrons. The van der Waals surface area contributed by atoms with E-state index in [4.69, 9.17) is 0 Å². The van der Waals surface area contributed by atoms with Crippen LogP contribution in [-0.4, -0.2) is 41.3 Å². The number of carbonyl (C=O) groups excluding carboxylic acids is 3. The summed E-state index contributed by atoms with van der Waals surface area (Å²) >= 11 is 0. The van der Waals surface area contributed by atoms with Crippen molar-refractivity contribution in [1.82, 2.24) is 0 Å². The van der Waals surface area contributed by atoms with Crippen molar-refractivity contribution in [2.24, 2.45) is 5.41 Å². The predicted octanol–water partition coefficient (Wildman–Crippen LogP) is 2.86. The highest BCUT2D eigenvalue weighted by atomic mass is 16.4. The van der Waals surface area contributed by atoms with Gasteiger partial charge in [-0.1, -0.05) is 88.4 Å². The Bertz CT molecular complexity index is 922. The molecule has 5 nitrogen and oxygen atoms in total. The Morgan fingerprint density at radius 3 is 1.84 bits per heavy atom. The Balaban J connectivity index is 2.31. The molecule has 2 atom stereocenters. The zero-order chi connectivity index (χ0) is 22.9. The number of aliphatic carboxylic acids is 1. The molecular weight excluding hydrogens is 390 g/mol. The molecule has 1 aliphatic heterocycles. The summed E-state index contributed by atoms with van der Waals surface area (Å²) in [7, 11) is 0. The molecule has 2 aromatic rings. The van der Waals surface area contributed by atoms with E-state index in [9.17, 15) is 19.5 Å². The smallest absolute Gasteiger partial charge is 0.382 e. The average molecular weight is 422 g/mol. The SMILES string of the molecule is CCC[N+]1(C(=O)C(=O)C(C)(C)C)CCC(c2ccccc2)(c2ccccc2)[C@H]1C(=O)[O-]. The van der Waals surface area contributed by atoms with Crippen LogP contribution in [0, 0.1) is 5.41 Å². The number of benzene rings is 2. The summed E-state index contributed by atoms with van der Waals surface area (Å²) in [6.45, 7) is 7.55. The van der Waals surface area contributed by atoms with Gasteiger partial charge in [0.25, 0.3) is 5.78 Å². The molecule has 0 aromatic heterocycles. The first-order valence-corrected chi connectivity index (χ1v) is 10.9.